The number of pyridine rings is 1. The largest absolute Gasteiger partial charge is 0.393 e. The summed E-state index contributed by atoms with van der Waals surface area (Å²) in [6, 6.07) is 1.74. The van der Waals surface area contributed by atoms with Crippen molar-refractivity contribution in [1.82, 2.24) is 9.88 Å². The zero-order valence-electron chi connectivity index (χ0n) is 16.1. The van der Waals surface area contributed by atoms with Gasteiger partial charge in [-0.25, -0.2) is 4.98 Å². The van der Waals surface area contributed by atoms with E-state index in [2.05, 4.69) is 17.2 Å². The van der Waals surface area contributed by atoms with Gasteiger partial charge in [-0.05, 0) is 62.5 Å². The lowest BCUT2D eigenvalue weighted by molar-refractivity contribution is -0.148. The number of likely N-dealkylation sites (tertiary alicyclic amines) is 1. The number of nitrogens with zero attached hydrogens (tertiary/aromatic N) is 2. The van der Waals surface area contributed by atoms with Crippen molar-refractivity contribution in [2.75, 3.05) is 17.6 Å². The lowest BCUT2D eigenvalue weighted by atomic mass is 9.77. The molecule has 2 heterocycles. The Morgan fingerprint density at radius 3 is 2.78 bits per heavy atom. The number of anilines is 2. The molecule has 1 aromatic rings. The van der Waals surface area contributed by atoms with E-state index in [1.807, 2.05) is 0 Å². The van der Waals surface area contributed by atoms with E-state index in [9.17, 15) is 14.7 Å². The number of aryl methyl sites for hydroxylation is 1. The highest BCUT2D eigenvalue weighted by molar-refractivity contribution is 6.39. The number of aliphatic hydroxyl groups excluding tert-OH is 1. The molecule has 1 unspecified atom stereocenters. The van der Waals surface area contributed by atoms with Gasteiger partial charge in [0.05, 0.1) is 18.0 Å². The van der Waals surface area contributed by atoms with Gasteiger partial charge in [-0.1, -0.05) is 13.3 Å². The van der Waals surface area contributed by atoms with Gasteiger partial charge in [0, 0.05) is 12.6 Å². The molecule has 0 aromatic carbocycles. The van der Waals surface area contributed by atoms with E-state index in [4.69, 9.17) is 5.73 Å². The van der Waals surface area contributed by atoms with E-state index in [0.717, 1.165) is 37.7 Å². The Hall–Kier alpha value is -2.15. The van der Waals surface area contributed by atoms with E-state index < -0.39 is 11.8 Å². The molecule has 1 aliphatic heterocycles. The maximum absolute atomic E-state index is 12.9. The second-order valence-electron chi connectivity index (χ2n) is 8.17. The van der Waals surface area contributed by atoms with Gasteiger partial charge in [-0.3, -0.25) is 9.59 Å². The fourth-order valence-electron chi connectivity index (χ4n) is 4.42. The Labute approximate surface area is 160 Å². The van der Waals surface area contributed by atoms with Crippen LogP contribution in [-0.4, -0.2) is 45.5 Å². The first kappa shape index (κ1) is 19.6. The summed E-state index contributed by atoms with van der Waals surface area (Å²) in [5, 5.41) is 12.7. The molecule has 1 aliphatic carbocycles. The number of hydrogen-bond donors (Lipinski definition) is 3. The second kappa shape index (κ2) is 8.25. The third kappa shape index (κ3) is 4.58. The molecule has 0 radical (unpaired) electrons. The molecular formula is C20H30N4O3. The molecule has 27 heavy (non-hydrogen) atoms. The van der Waals surface area contributed by atoms with Crippen molar-refractivity contribution in [2.24, 2.45) is 11.8 Å². The van der Waals surface area contributed by atoms with Crippen molar-refractivity contribution in [1.29, 1.82) is 0 Å². The highest BCUT2D eigenvalue weighted by Crippen LogP contribution is 2.35. The van der Waals surface area contributed by atoms with Gasteiger partial charge < -0.3 is 21.1 Å². The van der Waals surface area contributed by atoms with Gasteiger partial charge in [0.1, 0.15) is 5.82 Å². The summed E-state index contributed by atoms with van der Waals surface area (Å²) >= 11 is 0. The summed E-state index contributed by atoms with van der Waals surface area (Å²) in [5.74, 6) is -0.108. The number of aliphatic hydroxyl groups is 1. The summed E-state index contributed by atoms with van der Waals surface area (Å²) in [4.78, 5) is 31.3. The van der Waals surface area contributed by atoms with Crippen molar-refractivity contribution in [3.05, 3.63) is 17.8 Å². The van der Waals surface area contributed by atoms with Crippen LogP contribution in [0.15, 0.2) is 12.3 Å². The van der Waals surface area contributed by atoms with Gasteiger partial charge in [0.2, 0.25) is 0 Å². The second-order valence-corrected chi connectivity index (χ2v) is 8.17. The number of carbonyl (C=O) groups excluding carboxylic acids is 2. The van der Waals surface area contributed by atoms with Crippen molar-refractivity contribution < 1.29 is 14.7 Å². The van der Waals surface area contributed by atoms with Crippen LogP contribution in [0, 0.1) is 18.8 Å². The maximum atomic E-state index is 12.9. The number of hydrogen-bond acceptors (Lipinski definition) is 5. The highest BCUT2D eigenvalue weighted by atomic mass is 16.3. The summed E-state index contributed by atoms with van der Waals surface area (Å²) in [6.45, 7) is 4.50. The molecule has 2 fully saturated rings. The summed E-state index contributed by atoms with van der Waals surface area (Å²) in [6.07, 6.45) is 6.62. The molecule has 0 spiro atoms. The molecule has 4 atom stereocenters. The maximum Gasteiger partial charge on any atom is 0.313 e. The van der Waals surface area contributed by atoms with Crippen LogP contribution in [0.25, 0.3) is 0 Å². The molecule has 3 rings (SSSR count). The molecule has 2 amide bonds. The van der Waals surface area contributed by atoms with Crippen LogP contribution in [0.1, 0.15) is 51.0 Å². The van der Waals surface area contributed by atoms with Crippen LogP contribution in [0.4, 0.5) is 11.5 Å². The highest BCUT2D eigenvalue weighted by Gasteiger charge is 2.39. The van der Waals surface area contributed by atoms with Crippen LogP contribution in [0.3, 0.4) is 0 Å². The minimum absolute atomic E-state index is 0.0284. The van der Waals surface area contributed by atoms with E-state index in [-0.39, 0.29) is 18.1 Å². The summed E-state index contributed by atoms with van der Waals surface area (Å²) in [7, 11) is 0. The number of rotatable bonds is 2. The van der Waals surface area contributed by atoms with Crippen LogP contribution in [-0.2, 0) is 9.59 Å². The monoisotopic (exact) mass is 374 g/mol. The Morgan fingerprint density at radius 1 is 1.30 bits per heavy atom. The smallest absolute Gasteiger partial charge is 0.313 e. The average molecular weight is 374 g/mol. The summed E-state index contributed by atoms with van der Waals surface area (Å²) < 4.78 is 0. The van der Waals surface area contributed by atoms with Gasteiger partial charge >= 0.3 is 11.8 Å². The molecule has 0 bridgehead atoms. The fourth-order valence-corrected chi connectivity index (χ4v) is 4.42. The predicted octanol–water partition coefficient (Wildman–Crippen LogP) is 2.09. The molecule has 4 N–H and O–H groups in total. The molecule has 1 saturated carbocycles. The van der Waals surface area contributed by atoms with Gasteiger partial charge in [-0.15, -0.1) is 0 Å². The van der Waals surface area contributed by atoms with Gasteiger partial charge in [0.15, 0.2) is 0 Å². The van der Waals surface area contributed by atoms with Crippen molar-refractivity contribution >= 4 is 23.3 Å². The van der Waals surface area contributed by atoms with Crippen LogP contribution in [0.2, 0.25) is 0 Å². The lowest BCUT2D eigenvalue weighted by Crippen LogP contribution is -2.53. The molecule has 148 valence electrons. The summed E-state index contributed by atoms with van der Waals surface area (Å²) in [5.41, 5.74) is 6.92. The minimum Gasteiger partial charge on any atom is -0.393 e. The Balaban J connectivity index is 1.72. The lowest BCUT2D eigenvalue weighted by Gasteiger charge is -2.44. The third-order valence-electron chi connectivity index (χ3n) is 5.93. The molecule has 7 heteroatoms. The number of aromatic nitrogens is 1. The van der Waals surface area contributed by atoms with Gasteiger partial charge in [-0.2, -0.15) is 0 Å². The molecule has 1 saturated heterocycles. The third-order valence-corrected chi connectivity index (χ3v) is 5.93. The standard InChI is InChI=1S/C20H30N4O3/c1-12-6-7-17(14-4-3-5-16(25)9-14)24(11-12)20(27)19(26)23-15-8-13(2)18(21)22-10-15/h8,10,12,14,16-17,25H,3-7,9,11H2,1-2H3,(H2,21,22)(H,23,26)/t12-,14?,16+,17+/m0/s1. The zero-order valence-corrected chi connectivity index (χ0v) is 16.1. The molecular weight excluding hydrogens is 344 g/mol. The van der Waals surface area contributed by atoms with Crippen molar-refractivity contribution in [3.63, 3.8) is 0 Å². The number of carbonyl (C=O) groups is 2. The quantitative estimate of drug-likeness (QED) is 0.687. The first-order valence-electron chi connectivity index (χ1n) is 9.87. The Morgan fingerprint density at radius 2 is 2.07 bits per heavy atom. The predicted molar refractivity (Wildman–Crippen MR) is 104 cm³/mol. The van der Waals surface area contributed by atoms with E-state index >= 15 is 0 Å². The minimum atomic E-state index is -0.642. The van der Waals surface area contributed by atoms with Crippen LogP contribution >= 0.6 is 0 Å². The molecule has 7 nitrogen and oxygen atoms in total. The topological polar surface area (TPSA) is 109 Å². The number of nitrogen functional groups attached to an aromatic ring is 1. The first-order valence-corrected chi connectivity index (χ1v) is 9.87. The van der Waals surface area contributed by atoms with Crippen molar-refractivity contribution in [2.45, 2.75) is 64.5 Å². The normalized spacial score (nSPS) is 28.6. The van der Waals surface area contributed by atoms with Gasteiger partial charge in [0.25, 0.3) is 0 Å². The Bertz CT molecular complexity index is 708. The first-order chi connectivity index (χ1) is 12.8. The number of nitrogens with two attached hydrogens (primary N) is 1. The van der Waals surface area contributed by atoms with E-state index in [1.54, 1.807) is 17.9 Å². The number of amides is 2. The average Bonchev–Trinajstić information content (AvgIpc) is 2.64. The Kier molecular flexibility index (Phi) is 5.99. The molecule has 1 aromatic heterocycles. The van der Waals surface area contributed by atoms with E-state index in [1.165, 1.54) is 6.20 Å². The fraction of sp³-hybridized carbons (Fsp3) is 0.650. The van der Waals surface area contributed by atoms with E-state index in [0.29, 0.717) is 30.4 Å². The van der Waals surface area contributed by atoms with Crippen LogP contribution in [0.5, 0.6) is 0 Å². The zero-order chi connectivity index (χ0) is 19.6. The number of nitrogens with one attached hydrogen (secondary N) is 1. The van der Waals surface area contributed by atoms with Crippen molar-refractivity contribution in [3.8, 4) is 0 Å². The van der Waals surface area contributed by atoms with Crippen LogP contribution < -0.4 is 11.1 Å². The molecule has 2 aliphatic rings. The number of piperidine rings is 1. The SMILES string of the molecule is Cc1cc(NC(=O)C(=O)N2C[C@@H](C)CC[C@@H]2C2CCC[C@@H](O)C2)cnc1N.